The minimum Gasteiger partial charge on any atom is -0.314 e. The average Bonchev–Trinajstić information content (AvgIpc) is 2.29. The molecular formula is C11H7F3N2O2. The van der Waals surface area contributed by atoms with E-state index in [0.717, 1.165) is 6.20 Å². The Hall–Kier alpha value is -2.31. The molecule has 0 unspecified atom stereocenters. The summed E-state index contributed by atoms with van der Waals surface area (Å²) in [6, 6.07) is 1.08. The second kappa shape index (κ2) is 4.52. The van der Waals surface area contributed by atoms with E-state index in [0.29, 0.717) is 12.1 Å². The van der Waals surface area contributed by atoms with Gasteiger partial charge in [0.15, 0.2) is 11.6 Å². The highest BCUT2D eigenvalue weighted by molar-refractivity contribution is 5.25. The molecule has 7 heteroatoms. The smallest absolute Gasteiger partial charge is 0.314 e. The number of hydrogen-bond donors (Lipinski definition) is 2. The molecule has 18 heavy (non-hydrogen) atoms. The molecule has 0 aliphatic rings. The van der Waals surface area contributed by atoms with E-state index in [2.05, 4.69) is 4.98 Å². The van der Waals surface area contributed by atoms with Gasteiger partial charge < -0.3 is 4.98 Å². The monoisotopic (exact) mass is 256 g/mol. The zero-order chi connectivity index (χ0) is 13.3. The molecule has 0 radical (unpaired) electrons. The van der Waals surface area contributed by atoms with Crippen LogP contribution in [0.1, 0.15) is 11.1 Å². The number of hydrogen-bond acceptors (Lipinski definition) is 2. The fourth-order valence-corrected chi connectivity index (χ4v) is 1.47. The van der Waals surface area contributed by atoms with E-state index < -0.39 is 28.7 Å². The largest absolute Gasteiger partial charge is 0.325 e. The highest BCUT2D eigenvalue weighted by Gasteiger charge is 2.11. The predicted octanol–water partition coefficient (Wildman–Crippen LogP) is 1.07. The summed E-state index contributed by atoms with van der Waals surface area (Å²) >= 11 is 0. The summed E-state index contributed by atoms with van der Waals surface area (Å²) in [6.07, 6.45) is 0.844. The Morgan fingerprint density at radius 1 is 0.944 bits per heavy atom. The lowest BCUT2D eigenvalue weighted by Gasteiger charge is -2.03. The van der Waals surface area contributed by atoms with Crippen molar-refractivity contribution in [3.63, 3.8) is 0 Å². The van der Waals surface area contributed by atoms with Crippen molar-refractivity contribution in [3.05, 3.63) is 67.7 Å². The number of aromatic amines is 2. The lowest BCUT2D eigenvalue weighted by molar-refractivity contribution is 0.491. The molecule has 0 spiro atoms. The lowest BCUT2D eigenvalue weighted by Crippen LogP contribution is -2.24. The van der Waals surface area contributed by atoms with Crippen LogP contribution in [0, 0.1) is 17.5 Å². The predicted molar refractivity (Wildman–Crippen MR) is 56.8 cm³/mol. The third-order valence-electron chi connectivity index (χ3n) is 2.37. The molecule has 0 saturated heterocycles. The van der Waals surface area contributed by atoms with Crippen LogP contribution < -0.4 is 11.2 Å². The normalized spacial score (nSPS) is 10.6. The Bertz CT molecular complexity index is 706. The van der Waals surface area contributed by atoms with Gasteiger partial charge in [0.1, 0.15) is 5.82 Å². The third-order valence-corrected chi connectivity index (χ3v) is 2.37. The van der Waals surface area contributed by atoms with Crippen molar-refractivity contribution in [3.8, 4) is 0 Å². The van der Waals surface area contributed by atoms with Crippen LogP contribution >= 0.6 is 0 Å². The lowest BCUT2D eigenvalue weighted by atomic mass is 10.1. The average molecular weight is 256 g/mol. The van der Waals surface area contributed by atoms with Crippen molar-refractivity contribution < 1.29 is 13.2 Å². The maximum absolute atomic E-state index is 13.3. The van der Waals surface area contributed by atoms with Gasteiger partial charge in [-0.05, 0) is 11.6 Å². The molecular weight excluding hydrogens is 249 g/mol. The van der Waals surface area contributed by atoms with Crippen LogP contribution in [0.3, 0.4) is 0 Å². The minimum absolute atomic E-state index is 0.0412. The van der Waals surface area contributed by atoms with E-state index in [1.807, 2.05) is 4.98 Å². The number of rotatable bonds is 2. The van der Waals surface area contributed by atoms with Crippen LogP contribution in [-0.2, 0) is 6.42 Å². The van der Waals surface area contributed by atoms with Crippen molar-refractivity contribution in [2.24, 2.45) is 0 Å². The van der Waals surface area contributed by atoms with Gasteiger partial charge in [-0.2, -0.15) is 0 Å². The second-order valence-electron chi connectivity index (χ2n) is 3.63. The van der Waals surface area contributed by atoms with Gasteiger partial charge in [-0.25, -0.2) is 18.0 Å². The molecule has 2 rings (SSSR count). The molecule has 4 nitrogen and oxygen atoms in total. The van der Waals surface area contributed by atoms with E-state index >= 15 is 0 Å². The van der Waals surface area contributed by atoms with Gasteiger partial charge in [0.05, 0.1) is 0 Å². The number of nitrogens with one attached hydrogen (secondary N) is 2. The van der Waals surface area contributed by atoms with Crippen molar-refractivity contribution in [2.75, 3.05) is 0 Å². The molecule has 0 bridgehead atoms. The molecule has 0 amide bonds. The Labute approximate surface area is 98.1 Å². The molecule has 0 atom stereocenters. The van der Waals surface area contributed by atoms with Crippen molar-refractivity contribution in [2.45, 2.75) is 6.42 Å². The van der Waals surface area contributed by atoms with Crippen LogP contribution in [0.4, 0.5) is 13.2 Å². The van der Waals surface area contributed by atoms with Gasteiger partial charge >= 0.3 is 5.69 Å². The maximum atomic E-state index is 13.3. The van der Waals surface area contributed by atoms with Gasteiger partial charge in [-0.3, -0.25) is 9.78 Å². The Morgan fingerprint density at radius 3 is 2.28 bits per heavy atom. The van der Waals surface area contributed by atoms with Crippen LogP contribution in [0.15, 0.2) is 27.9 Å². The molecule has 0 aliphatic carbocycles. The van der Waals surface area contributed by atoms with E-state index in [4.69, 9.17) is 0 Å². The SMILES string of the molecule is O=c1[nH]cc(Cc2cc(F)c(F)cc2F)c(=O)[nH]1. The highest BCUT2D eigenvalue weighted by atomic mass is 19.2. The molecule has 0 aliphatic heterocycles. The van der Waals surface area contributed by atoms with Crippen molar-refractivity contribution in [1.82, 2.24) is 9.97 Å². The van der Waals surface area contributed by atoms with Gasteiger partial charge in [0.2, 0.25) is 0 Å². The Kier molecular flexibility index (Phi) is 3.05. The summed E-state index contributed by atoms with van der Waals surface area (Å²) < 4.78 is 39.0. The fraction of sp³-hybridized carbons (Fsp3) is 0.0909. The van der Waals surface area contributed by atoms with Crippen LogP contribution in [0.5, 0.6) is 0 Å². The summed E-state index contributed by atoms with van der Waals surface area (Å²) in [7, 11) is 0. The summed E-state index contributed by atoms with van der Waals surface area (Å²) in [5.41, 5.74) is -1.54. The summed E-state index contributed by atoms with van der Waals surface area (Å²) in [4.78, 5) is 26.3. The summed E-state index contributed by atoms with van der Waals surface area (Å²) in [5.74, 6) is -3.46. The minimum atomic E-state index is -1.30. The first kappa shape index (κ1) is 12.2. The van der Waals surface area contributed by atoms with Gasteiger partial charge in [-0.15, -0.1) is 0 Å². The highest BCUT2D eigenvalue weighted by Crippen LogP contribution is 2.15. The molecule has 1 aromatic heterocycles. The van der Waals surface area contributed by atoms with Crippen molar-refractivity contribution in [1.29, 1.82) is 0 Å². The number of benzene rings is 1. The molecule has 1 aromatic carbocycles. The molecule has 2 aromatic rings. The van der Waals surface area contributed by atoms with E-state index in [1.165, 1.54) is 0 Å². The van der Waals surface area contributed by atoms with Crippen LogP contribution in [0.2, 0.25) is 0 Å². The first-order valence-corrected chi connectivity index (χ1v) is 4.91. The molecule has 0 fully saturated rings. The van der Waals surface area contributed by atoms with E-state index in [1.54, 1.807) is 0 Å². The van der Waals surface area contributed by atoms with E-state index in [-0.39, 0.29) is 17.5 Å². The topological polar surface area (TPSA) is 65.7 Å². The second-order valence-corrected chi connectivity index (χ2v) is 3.63. The molecule has 1 heterocycles. The third kappa shape index (κ3) is 2.34. The Morgan fingerprint density at radius 2 is 1.61 bits per heavy atom. The van der Waals surface area contributed by atoms with Gasteiger partial charge in [-0.1, -0.05) is 0 Å². The van der Waals surface area contributed by atoms with Crippen molar-refractivity contribution >= 4 is 0 Å². The number of H-pyrrole nitrogens is 2. The fourth-order valence-electron chi connectivity index (χ4n) is 1.47. The maximum Gasteiger partial charge on any atom is 0.325 e. The number of aromatic nitrogens is 2. The van der Waals surface area contributed by atoms with Gasteiger partial charge in [0.25, 0.3) is 5.56 Å². The molecule has 94 valence electrons. The standard InChI is InChI=1S/C11H7F3N2O2/c12-7-3-9(14)8(13)2-5(7)1-6-4-15-11(18)16-10(6)17/h2-4H,1H2,(H2,15,16,17,18). The molecule has 0 saturated carbocycles. The Balaban J connectivity index is 2.43. The summed E-state index contributed by atoms with van der Waals surface area (Å²) in [6.45, 7) is 0. The van der Waals surface area contributed by atoms with Crippen LogP contribution in [0.25, 0.3) is 0 Å². The van der Waals surface area contributed by atoms with Gasteiger partial charge in [0, 0.05) is 24.2 Å². The first-order chi connectivity index (χ1) is 8.47. The first-order valence-electron chi connectivity index (χ1n) is 4.91. The summed E-state index contributed by atoms with van der Waals surface area (Å²) in [5, 5.41) is 0. The zero-order valence-electron chi connectivity index (χ0n) is 8.89. The molecule has 2 N–H and O–H groups in total. The number of halogens is 3. The zero-order valence-corrected chi connectivity index (χ0v) is 8.89. The van der Waals surface area contributed by atoms with E-state index in [9.17, 15) is 22.8 Å². The van der Waals surface area contributed by atoms with Crippen LogP contribution in [-0.4, -0.2) is 9.97 Å². The quantitative estimate of drug-likeness (QED) is 0.789.